The fraction of sp³-hybridized carbons (Fsp3) is 0. The van der Waals surface area contributed by atoms with E-state index in [1.165, 1.54) is 33.4 Å². The first-order valence-corrected chi connectivity index (χ1v) is 12.8. The molecule has 0 fully saturated rings. The topological polar surface area (TPSA) is 0 Å². The van der Waals surface area contributed by atoms with Crippen molar-refractivity contribution in [3.8, 4) is 55.6 Å². The van der Waals surface area contributed by atoms with Crippen molar-refractivity contribution >= 4 is 11.6 Å². The molecule has 0 spiro atoms. The maximum absolute atomic E-state index is 6.55. The Morgan fingerprint density at radius 3 is 0.946 bits per heavy atom. The molecule has 0 heterocycles. The molecule has 6 rings (SSSR count). The van der Waals surface area contributed by atoms with Gasteiger partial charge >= 0.3 is 0 Å². The summed E-state index contributed by atoms with van der Waals surface area (Å²) >= 11 is 6.55. The van der Waals surface area contributed by atoms with Gasteiger partial charge in [0, 0.05) is 5.02 Å². The maximum atomic E-state index is 6.55. The Bertz CT molecular complexity index is 1670. The highest BCUT2D eigenvalue weighted by Gasteiger charge is 2.08. The van der Waals surface area contributed by atoms with Gasteiger partial charge < -0.3 is 0 Å². The minimum absolute atomic E-state index is 0.738. The van der Waals surface area contributed by atoms with E-state index in [0.29, 0.717) is 0 Å². The molecule has 6 aromatic carbocycles. The van der Waals surface area contributed by atoms with Crippen LogP contribution in [0.3, 0.4) is 0 Å². The summed E-state index contributed by atoms with van der Waals surface area (Å²) in [5.74, 6) is 0. The summed E-state index contributed by atoms with van der Waals surface area (Å²) in [6.45, 7) is 0. The predicted molar refractivity (Wildman–Crippen MR) is 159 cm³/mol. The van der Waals surface area contributed by atoms with Crippen LogP contribution >= 0.6 is 11.6 Å². The molecule has 37 heavy (non-hydrogen) atoms. The third kappa shape index (κ3) is 5.11. The molecule has 0 N–H and O–H groups in total. The SMILES string of the molecule is Clc1cc(-c2ccccc2)cc(-c2cccc(-c3cccc(-c4cccc(-c5ccccc5)c4)c3)c2)c1. The molecule has 0 aliphatic carbocycles. The van der Waals surface area contributed by atoms with Gasteiger partial charge in [0.05, 0.1) is 0 Å². The zero-order valence-electron chi connectivity index (χ0n) is 20.3. The van der Waals surface area contributed by atoms with Crippen LogP contribution in [0.25, 0.3) is 55.6 Å². The molecule has 0 unspecified atom stereocenters. The summed E-state index contributed by atoms with van der Waals surface area (Å²) in [5.41, 5.74) is 11.8. The lowest BCUT2D eigenvalue weighted by molar-refractivity contribution is 1.56. The highest BCUT2D eigenvalue weighted by atomic mass is 35.5. The fourth-order valence-electron chi connectivity index (χ4n) is 4.82. The highest BCUT2D eigenvalue weighted by molar-refractivity contribution is 6.31. The summed E-state index contributed by atoms with van der Waals surface area (Å²) in [6, 6.07) is 53.4. The smallest absolute Gasteiger partial charge is 0.0418 e. The zero-order chi connectivity index (χ0) is 25.0. The molecule has 0 radical (unpaired) electrons. The number of halogens is 1. The number of hydrogen-bond donors (Lipinski definition) is 0. The van der Waals surface area contributed by atoms with Crippen molar-refractivity contribution in [1.29, 1.82) is 0 Å². The van der Waals surface area contributed by atoms with Gasteiger partial charge in [0.15, 0.2) is 0 Å². The normalized spacial score (nSPS) is 10.8. The molecule has 176 valence electrons. The minimum Gasteiger partial charge on any atom is -0.0843 e. The lowest BCUT2D eigenvalue weighted by Gasteiger charge is -2.11. The Kier molecular flexibility index (Phi) is 6.42. The van der Waals surface area contributed by atoms with E-state index in [-0.39, 0.29) is 0 Å². The van der Waals surface area contributed by atoms with Crippen molar-refractivity contribution in [2.45, 2.75) is 0 Å². The second kappa shape index (κ2) is 10.3. The number of hydrogen-bond acceptors (Lipinski definition) is 0. The van der Waals surface area contributed by atoms with E-state index in [0.717, 1.165) is 27.3 Å². The number of rotatable bonds is 5. The third-order valence-corrected chi connectivity index (χ3v) is 6.92. The van der Waals surface area contributed by atoms with Gasteiger partial charge in [-0.1, -0.05) is 127 Å². The molecule has 0 aromatic heterocycles. The first-order chi connectivity index (χ1) is 18.2. The van der Waals surface area contributed by atoms with Crippen LogP contribution in [0.2, 0.25) is 5.02 Å². The van der Waals surface area contributed by atoms with Gasteiger partial charge in [0.2, 0.25) is 0 Å². The molecule has 0 amide bonds. The largest absolute Gasteiger partial charge is 0.0843 e. The van der Waals surface area contributed by atoms with E-state index in [1.54, 1.807) is 0 Å². The summed E-state index contributed by atoms with van der Waals surface area (Å²) in [5, 5.41) is 0.738. The molecule has 0 nitrogen and oxygen atoms in total. The predicted octanol–water partition coefficient (Wildman–Crippen LogP) is 10.7. The highest BCUT2D eigenvalue weighted by Crippen LogP contribution is 2.34. The van der Waals surface area contributed by atoms with E-state index in [4.69, 9.17) is 11.6 Å². The van der Waals surface area contributed by atoms with Gasteiger partial charge in [0.25, 0.3) is 0 Å². The minimum atomic E-state index is 0.738. The van der Waals surface area contributed by atoms with E-state index < -0.39 is 0 Å². The molecule has 1 heteroatoms. The van der Waals surface area contributed by atoms with E-state index in [9.17, 15) is 0 Å². The lowest BCUT2D eigenvalue weighted by atomic mass is 9.94. The van der Waals surface area contributed by atoms with Gasteiger partial charge in [-0.05, 0) is 92.0 Å². The molecule has 0 aliphatic heterocycles. The zero-order valence-corrected chi connectivity index (χ0v) is 21.1. The summed E-state index contributed by atoms with van der Waals surface area (Å²) in [6.07, 6.45) is 0. The Balaban J connectivity index is 1.35. The van der Waals surface area contributed by atoms with Gasteiger partial charge in [0.1, 0.15) is 0 Å². The van der Waals surface area contributed by atoms with Crippen molar-refractivity contribution in [1.82, 2.24) is 0 Å². The van der Waals surface area contributed by atoms with Crippen LogP contribution in [-0.2, 0) is 0 Å². The van der Waals surface area contributed by atoms with Crippen LogP contribution in [-0.4, -0.2) is 0 Å². The first-order valence-electron chi connectivity index (χ1n) is 12.5. The molecular weight excluding hydrogens is 468 g/mol. The quantitative estimate of drug-likeness (QED) is 0.224. The van der Waals surface area contributed by atoms with Crippen LogP contribution in [0.15, 0.2) is 152 Å². The van der Waals surface area contributed by atoms with Crippen LogP contribution in [0.4, 0.5) is 0 Å². The van der Waals surface area contributed by atoms with Crippen molar-refractivity contribution in [3.05, 3.63) is 157 Å². The molecule has 0 bridgehead atoms. The second-order valence-electron chi connectivity index (χ2n) is 9.20. The summed E-state index contributed by atoms with van der Waals surface area (Å²) < 4.78 is 0. The van der Waals surface area contributed by atoms with Crippen LogP contribution < -0.4 is 0 Å². The van der Waals surface area contributed by atoms with Crippen LogP contribution in [0.1, 0.15) is 0 Å². The van der Waals surface area contributed by atoms with Crippen molar-refractivity contribution in [3.63, 3.8) is 0 Å². The Morgan fingerprint density at radius 1 is 0.243 bits per heavy atom. The second-order valence-corrected chi connectivity index (χ2v) is 9.64. The monoisotopic (exact) mass is 492 g/mol. The summed E-state index contributed by atoms with van der Waals surface area (Å²) in [7, 11) is 0. The standard InChI is InChI=1S/C36H25Cl/c37-36-24-34(27-12-5-2-6-13-27)23-35(25-36)33-19-9-18-32(22-33)31-17-8-16-30(21-31)29-15-7-14-28(20-29)26-10-3-1-4-11-26/h1-25H. The molecule has 0 saturated carbocycles. The van der Waals surface area contributed by atoms with E-state index in [2.05, 4.69) is 133 Å². The van der Waals surface area contributed by atoms with E-state index in [1.807, 2.05) is 18.2 Å². The van der Waals surface area contributed by atoms with Gasteiger partial charge in [-0.25, -0.2) is 0 Å². The average Bonchev–Trinajstić information content (AvgIpc) is 2.98. The van der Waals surface area contributed by atoms with Crippen molar-refractivity contribution < 1.29 is 0 Å². The molecule has 0 atom stereocenters. The lowest BCUT2D eigenvalue weighted by Crippen LogP contribution is -1.86. The van der Waals surface area contributed by atoms with Crippen molar-refractivity contribution in [2.24, 2.45) is 0 Å². The van der Waals surface area contributed by atoms with Gasteiger partial charge in [-0.2, -0.15) is 0 Å². The third-order valence-electron chi connectivity index (χ3n) is 6.70. The molecular formula is C36H25Cl. The van der Waals surface area contributed by atoms with Gasteiger partial charge in [-0.3, -0.25) is 0 Å². The Labute approximate surface area is 223 Å². The Morgan fingerprint density at radius 2 is 0.514 bits per heavy atom. The number of benzene rings is 6. The van der Waals surface area contributed by atoms with Crippen LogP contribution in [0, 0.1) is 0 Å². The van der Waals surface area contributed by atoms with Gasteiger partial charge in [-0.15, -0.1) is 0 Å². The molecule has 0 saturated heterocycles. The van der Waals surface area contributed by atoms with E-state index >= 15 is 0 Å². The molecule has 0 aliphatic rings. The fourth-order valence-corrected chi connectivity index (χ4v) is 5.05. The summed E-state index contributed by atoms with van der Waals surface area (Å²) in [4.78, 5) is 0. The van der Waals surface area contributed by atoms with Crippen molar-refractivity contribution in [2.75, 3.05) is 0 Å². The average molecular weight is 493 g/mol. The Hall–Kier alpha value is -4.39. The maximum Gasteiger partial charge on any atom is 0.0418 e. The van der Waals surface area contributed by atoms with Crippen LogP contribution in [0.5, 0.6) is 0 Å². The molecule has 6 aromatic rings. The first kappa shape index (κ1) is 23.0.